The molecule has 3 nitrogen and oxygen atoms in total. The van der Waals surface area contributed by atoms with Crippen molar-refractivity contribution in [3.8, 4) is 22.6 Å². The third-order valence-corrected chi connectivity index (χ3v) is 3.72. The monoisotopic (exact) mass is 385 g/mol. The molecule has 0 saturated carbocycles. The van der Waals surface area contributed by atoms with Crippen molar-refractivity contribution in [1.82, 2.24) is 14.3 Å². The molecule has 0 N–H and O–H groups in total. The van der Waals surface area contributed by atoms with E-state index in [0.29, 0.717) is 5.92 Å². The number of aromatic nitrogens is 3. The quantitative estimate of drug-likeness (QED) is 0.460. The molecule has 2 aromatic heterocycles. The van der Waals surface area contributed by atoms with E-state index in [2.05, 4.69) is 60.2 Å². The SMILES string of the molecule is CC.CC.CC(C)c1ccc(-c2ccccn2)cc1-c1ncsn1.CCC. The molecule has 0 amide bonds. The zero-order valence-corrected chi connectivity index (χ0v) is 19.0. The summed E-state index contributed by atoms with van der Waals surface area (Å²) in [7, 11) is 0. The van der Waals surface area contributed by atoms with E-state index in [1.54, 1.807) is 5.51 Å². The summed E-state index contributed by atoms with van der Waals surface area (Å²) in [6, 6.07) is 12.4. The van der Waals surface area contributed by atoms with Crippen LogP contribution in [-0.4, -0.2) is 14.3 Å². The predicted octanol–water partition coefficient (Wildman–Crippen LogP) is 7.86. The molecule has 3 rings (SSSR count). The topological polar surface area (TPSA) is 38.7 Å². The Hall–Kier alpha value is -2.07. The number of rotatable bonds is 3. The minimum Gasteiger partial charge on any atom is -0.256 e. The van der Waals surface area contributed by atoms with Crippen LogP contribution in [0.4, 0.5) is 0 Å². The fraction of sp³-hybridized carbons (Fsp3) is 0.435. The summed E-state index contributed by atoms with van der Waals surface area (Å²) in [5, 5.41) is 0. The van der Waals surface area contributed by atoms with E-state index in [-0.39, 0.29) is 0 Å². The van der Waals surface area contributed by atoms with Crippen molar-refractivity contribution >= 4 is 11.5 Å². The van der Waals surface area contributed by atoms with Gasteiger partial charge >= 0.3 is 0 Å². The van der Waals surface area contributed by atoms with Gasteiger partial charge in [-0.05, 0) is 41.2 Å². The first kappa shape index (κ1) is 24.9. The summed E-state index contributed by atoms with van der Waals surface area (Å²) in [5.74, 6) is 1.24. The normalized spacial score (nSPS) is 9.22. The second-order valence-corrected chi connectivity index (χ2v) is 6.24. The van der Waals surface area contributed by atoms with Crippen LogP contribution in [0.15, 0.2) is 48.1 Å². The molecular weight excluding hydrogens is 350 g/mol. The number of hydrogen-bond donors (Lipinski definition) is 0. The maximum atomic E-state index is 4.41. The van der Waals surface area contributed by atoms with E-state index in [1.807, 2.05) is 52.1 Å². The highest BCUT2D eigenvalue weighted by molar-refractivity contribution is 7.03. The molecule has 0 bridgehead atoms. The molecule has 27 heavy (non-hydrogen) atoms. The molecule has 0 radical (unpaired) electrons. The Morgan fingerprint density at radius 2 is 1.59 bits per heavy atom. The number of pyridine rings is 1. The maximum absolute atomic E-state index is 4.41. The first-order chi connectivity index (χ1) is 13.2. The van der Waals surface area contributed by atoms with Crippen LogP contribution in [0, 0.1) is 0 Å². The van der Waals surface area contributed by atoms with Gasteiger partial charge in [-0.2, -0.15) is 4.37 Å². The number of nitrogens with zero attached hydrogens (tertiary/aromatic N) is 3. The second-order valence-electron chi connectivity index (χ2n) is 5.63. The van der Waals surface area contributed by atoms with Crippen molar-refractivity contribution in [3.63, 3.8) is 0 Å². The fourth-order valence-electron chi connectivity index (χ4n) is 2.24. The maximum Gasteiger partial charge on any atom is 0.173 e. The van der Waals surface area contributed by atoms with Crippen LogP contribution < -0.4 is 0 Å². The van der Waals surface area contributed by atoms with Gasteiger partial charge in [-0.25, -0.2) is 4.98 Å². The second kappa shape index (κ2) is 15.0. The first-order valence-corrected chi connectivity index (χ1v) is 10.8. The highest BCUT2D eigenvalue weighted by Crippen LogP contribution is 2.31. The van der Waals surface area contributed by atoms with Crippen molar-refractivity contribution in [2.75, 3.05) is 0 Å². The van der Waals surface area contributed by atoms with Gasteiger partial charge in [0.25, 0.3) is 0 Å². The highest BCUT2D eigenvalue weighted by Gasteiger charge is 2.13. The predicted molar refractivity (Wildman–Crippen MR) is 121 cm³/mol. The minimum atomic E-state index is 0.436. The Morgan fingerprint density at radius 1 is 0.926 bits per heavy atom. The van der Waals surface area contributed by atoms with Crippen LogP contribution in [0.1, 0.15) is 73.3 Å². The van der Waals surface area contributed by atoms with Crippen LogP contribution in [0.5, 0.6) is 0 Å². The Bertz CT molecular complexity index is 708. The summed E-state index contributed by atoms with van der Waals surface area (Å²) in [6.07, 6.45) is 3.06. The van der Waals surface area contributed by atoms with Gasteiger partial charge in [0, 0.05) is 17.3 Å². The molecular formula is C23H35N3S. The van der Waals surface area contributed by atoms with Gasteiger partial charge in [0.15, 0.2) is 5.82 Å². The van der Waals surface area contributed by atoms with Crippen LogP contribution >= 0.6 is 11.5 Å². The Morgan fingerprint density at radius 3 is 2.07 bits per heavy atom. The van der Waals surface area contributed by atoms with E-state index in [4.69, 9.17) is 0 Å². The Labute approximate surface area is 170 Å². The molecule has 0 aliphatic rings. The summed E-state index contributed by atoms with van der Waals surface area (Å²) in [4.78, 5) is 8.76. The lowest BCUT2D eigenvalue weighted by molar-refractivity contribution is 0.867. The molecule has 148 valence electrons. The summed E-state index contributed by atoms with van der Waals surface area (Å²) in [6.45, 7) is 16.6. The van der Waals surface area contributed by atoms with Crippen molar-refractivity contribution in [2.45, 2.75) is 67.7 Å². The molecule has 0 aliphatic heterocycles. The van der Waals surface area contributed by atoms with E-state index in [1.165, 1.54) is 23.5 Å². The van der Waals surface area contributed by atoms with Crippen molar-refractivity contribution in [2.24, 2.45) is 0 Å². The van der Waals surface area contributed by atoms with Crippen LogP contribution in [0.2, 0.25) is 0 Å². The molecule has 0 unspecified atom stereocenters. The average Bonchev–Trinajstić information content (AvgIpc) is 3.26. The van der Waals surface area contributed by atoms with Crippen molar-refractivity contribution < 1.29 is 0 Å². The highest BCUT2D eigenvalue weighted by atomic mass is 32.1. The smallest absolute Gasteiger partial charge is 0.173 e. The molecule has 0 fully saturated rings. The van der Waals surface area contributed by atoms with Crippen molar-refractivity contribution in [3.05, 3.63) is 53.7 Å². The van der Waals surface area contributed by atoms with Gasteiger partial charge < -0.3 is 0 Å². The number of hydrogen-bond acceptors (Lipinski definition) is 4. The Kier molecular flexibility index (Phi) is 13.9. The van der Waals surface area contributed by atoms with E-state index >= 15 is 0 Å². The summed E-state index contributed by atoms with van der Waals surface area (Å²) >= 11 is 1.38. The largest absolute Gasteiger partial charge is 0.256 e. The minimum absolute atomic E-state index is 0.436. The fourth-order valence-corrected chi connectivity index (χ4v) is 2.67. The molecule has 4 heteroatoms. The van der Waals surface area contributed by atoms with E-state index in [9.17, 15) is 0 Å². The van der Waals surface area contributed by atoms with E-state index < -0.39 is 0 Å². The molecule has 0 saturated heterocycles. The first-order valence-electron chi connectivity index (χ1n) is 9.99. The van der Waals surface area contributed by atoms with E-state index in [0.717, 1.165) is 22.6 Å². The van der Waals surface area contributed by atoms with Gasteiger partial charge in [-0.3, -0.25) is 4.98 Å². The third-order valence-electron chi connectivity index (χ3n) is 3.24. The van der Waals surface area contributed by atoms with Crippen LogP contribution in [0.25, 0.3) is 22.6 Å². The molecule has 0 spiro atoms. The zero-order valence-electron chi connectivity index (χ0n) is 18.2. The molecule has 0 atom stereocenters. The molecule has 3 aromatic rings. The average molecular weight is 386 g/mol. The Balaban J connectivity index is 0.000000860. The molecule has 1 aromatic carbocycles. The van der Waals surface area contributed by atoms with Gasteiger partial charge in [-0.15, -0.1) is 0 Å². The van der Waals surface area contributed by atoms with Gasteiger partial charge in [-0.1, -0.05) is 80.0 Å². The van der Waals surface area contributed by atoms with Crippen molar-refractivity contribution in [1.29, 1.82) is 0 Å². The number of benzene rings is 1. The van der Waals surface area contributed by atoms with Gasteiger partial charge in [0.2, 0.25) is 0 Å². The van der Waals surface area contributed by atoms with Gasteiger partial charge in [0.1, 0.15) is 5.51 Å². The molecule has 2 heterocycles. The standard InChI is InChI=1S/C16H15N3S.C3H8.2C2H6/c1-11(2)13-7-6-12(15-5-3-4-8-17-15)9-14(13)16-18-10-20-19-16;1-3-2;2*1-2/h3-11H,1-2H3;3H2,1-2H3;2*1-2H3. The lowest BCUT2D eigenvalue weighted by Crippen LogP contribution is -1.95. The third kappa shape index (κ3) is 8.00. The summed E-state index contributed by atoms with van der Waals surface area (Å²) in [5.41, 5.74) is 6.21. The zero-order chi connectivity index (χ0) is 20.7. The molecule has 0 aliphatic carbocycles. The van der Waals surface area contributed by atoms with Crippen LogP contribution in [-0.2, 0) is 0 Å². The lowest BCUT2D eigenvalue weighted by atomic mass is 9.94. The van der Waals surface area contributed by atoms with Crippen LogP contribution in [0.3, 0.4) is 0 Å². The lowest BCUT2D eigenvalue weighted by Gasteiger charge is -2.12. The summed E-state index contributed by atoms with van der Waals surface area (Å²) < 4.78 is 4.37. The van der Waals surface area contributed by atoms with Gasteiger partial charge in [0.05, 0.1) is 5.69 Å².